The van der Waals surface area contributed by atoms with E-state index >= 15 is 0 Å². The molecule has 146 valence electrons. The molecule has 3 rings (SSSR count). The minimum atomic E-state index is 0.625. The van der Waals surface area contributed by atoms with Crippen molar-refractivity contribution in [2.45, 2.75) is 32.7 Å². The molecule has 0 atom stereocenters. The molecule has 1 aliphatic rings. The average Bonchev–Trinajstić information content (AvgIpc) is 3.25. The van der Waals surface area contributed by atoms with Gasteiger partial charge in [0, 0.05) is 45.7 Å². The van der Waals surface area contributed by atoms with Crippen LogP contribution < -0.4 is 5.32 Å². The lowest BCUT2D eigenvalue weighted by Crippen LogP contribution is -2.40. The van der Waals surface area contributed by atoms with Gasteiger partial charge < -0.3 is 15.0 Å². The second-order valence-corrected chi connectivity index (χ2v) is 7.02. The second kappa shape index (κ2) is 10.1. The maximum Gasteiger partial charge on any atom is 0.193 e. The van der Waals surface area contributed by atoms with Crippen LogP contribution in [0.4, 0.5) is 0 Å². The van der Waals surface area contributed by atoms with Crippen molar-refractivity contribution in [3.8, 4) is 5.69 Å². The molecule has 0 saturated carbocycles. The maximum absolute atomic E-state index is 5.47. The number of guanidine groups is 1. The standard InChI is InChI=1S/C21H31N5O/c1-3-22-21(25(2)14-9-18-10-15-27-16-11-18)23-17-19-7-4-5-8-20(19)26-13-6-12-24-26/h4-8,12-13,18H,3,9-11,14-17H2,1-2H3,(H,22,23). The molecular formula is C21H31N5O. The van der Waals surface area contributed by atoms with E-state index in [1.54, 1.807) is 6.20 Å². The molecule has 1 N–H and O–H groups in total. The zero-order valence-electron chi connectivity index (χ0n) is 16.5. The Morgan fingerprint density at radius 3 is 2.85 bits per heavy atom. The summed E-state index contributed by atoms with van der Waals surface area (Å²) < 4.78 is 7.36. The zero-order valence-corrected chi connectivity index (χ0v) is 16.5. The van der Waals surface area contributed by atoms with Crippen molar-refractivity contribution < 1.29 is 4.74 Å². The molecule has 27 heavy (non-hydrogen) atoms. The monoisotopic (exact) mass is 369 g/mol. The molecule has 1 aliphatic heterocycles. The summed E-state index contributed by atoms with van der Waals surface area (Å²) in [6, 6.07) is 10.2. The third-order valence-electron chi connectivity index (χ3n) is 5.05. The van der Waals surface area contributed by atoms with Gasteiger partial charge in [0.2, 0.25) is 0 Å². The predicted molar refractivity (Wildman–Crippen MR) is 109 cm³/mol. The van der Waals surface area contributed by atoms with Crippen LogP contribution in [0.25, 0.3) is 5.69 Å². The van der Waals surface area contributed by atoms with Crippen molar-refractivity contribution in [2.24, 2.45) is 10.9 Å². The number of rotatable bonds is 7. The van der Waals surface area contributed by atoms with E-state index in [4.69, 9.17) is 9.73 Å². The van der Waals surface area contributed by atoms with Crippen LogP contribution in [0.1, 0.15) is 31.7 Å². The van der Waals surface area contributed by atoms with E-state index in [-0.39, 0.29) is 0 Å². The van der Waals surface area contributed by atoms with Crippen molar-refractivity contribution in [3.05, 3.63) is 48.3 Å². The highest BCUT2D eigenvalue weighted by Gasteiger charge is 2.15. The molecule has 0 aliphatic carbocycles. The van der Waals surface area contributed by atoms with Crippen molar-refractivity contribution in [1.29, 1.82) is 0 Å². The lowest BCUT2D eigenvalue weighted by Gasteiger charge is -2.27. The maximum atomic E-state index is 5.47. The third kappa shape index (κ3) is 5.57. The SMILES string of the molecule is CCNC(=NCc1ccccc1-n1cccn1)N(C)CCC1CCOCC1. The lowest BCUT2D eigenvalue weighted by molar-refractivity contribution is 0.0625. The molecule has 2 heterocycles. The minimum absolute atomic E-state index is 0.625. The Morgan fingerprint density at radius 2 is 2.11 bits per heavy atom. The molecule has 1 aromatic heterocycles. The van der Waals surface area contributed by atoms with E-state index in [0.29, 0.717) is 6.54 Å². The third-order valence-corrected chi connectivity index (χ3v) is 5.05. The fraction of sp³-hybridized carbons (Fsp3) is 0.524. The van der Waals surface area contributed by atoms with Crippen LogP contribution in [0.5, 0.6) is 0 Å². The topological polar surface area (TPSA) is 54.7 Å². The molecule has 1 saturated heterocycles. The first-order valence-corrected chi connectivity index (χ1v) is 9.93. The smallest absolute Gasteiger partial charge is 0.193 e. The number of para-hydroxylation sites is 1. The van der Waals surface area contributed by atoms with Gasteiger partial charge in [0.1, 0.15) is 0 Å². The molecule has 1 fully saturated rings. The summed E-state index contributed by atoms with van der Waals surface area (Å²) in [7, 11) is 2.13. The predicted octanol–water partition coefficient (Wildman–Crippen LogP) is 3.09. The van der Waals surface area contributed by atoms with Gasteiger partial charge in [-0.05, 0) is 49.8 Å². The molecule has 1 aromatic carbocycles. The summed E-state index contributed by atoms with van der Waals surface area (Å²) in [6.07, 6.45) is 7.31. The summed E-state index contributed by atoms with van der Waals surface area (Å²) in [5.41, 5.74) is 2.24. The van der Waals surface area contributed by atoms with Crippen molar-refractivity contribution in [1.82, 2.24) is 20.0 Å². The number of benzene rings is 1. The van der Waals surface area contributed by atoms with E-state index in [2.05, 4.69) is 47.5 Å². The Hall–Kier alpha value is -2.34. The molecule has 0 amide bonds. The highest BCUT2D eigenvalue weighted by Crippen LogP contribution is 2.19. The van der Waals surface area contributed by atoms with Crippen molar-refractivity contribution in [2.75, 3.05) is 33.4 Å². The second-order valence-electron chi connectivity index (χ2n) is 7.02. The van der Waals surface area contributed by atoms with Crippen LogP contribution in [0.2, 0.25) is 0 Å². The Balaban J connectivity index is 1.65. The van der Waals surface area contributed by atoms with Gasteiger partial charge in [-0.2, -0.15) is 5.10 Å². The van der Waals surface area contributed by atoms with E-state index in [1.807, 2.05) is 23.0 Å². The number of ether oxygens (including phenoxy) is 1. The fourth-order valence-corrected chi connectivity index (χ4v) is 3.43. The van der Waals surface area contributed by atoms with Crippen LogP contribution in [-0.2, 0) is 11.3 Å². The first kappa shape index (κ1) is 19.4. The molecule has 0 unspecified atom stereocenters. The van der Waals surface area contributed by atoms with E-state index in [0.717, 1.165) is 49.4 Å². The van der Waals surface area contributed by atoms with Gasteiger partial charge in [-0.15, -0.1) is 0 Å². The zero-order chi connectivity index (χ0) is 18.9. The van der Waals surface area contributed by atoms with Gasteiger partial charge in [0.05, 0.1) is 12.2 Å². The quantitative estimate of drug-likeness (QED) is 0.602. The first-order valence-electron chi connectivity index (χ1n) is 9.93. The number of hydrogen-bond acceptors (Lipinski definition) is 3. The van der Waals surface area contributed by atoms with Crippen LogP contribution in [0.15, 0.2) is 47.7 Å². The van der Waals surface area contributed by atoms with Crippen molar-refractivity contribution >= 4 is 5.96 Å². The first-order chi connectivity index (χ1) is 13.3. The Labute approximate surface area is 162 Å². The van der Waals surface area contributed by atoms with Gasteiger partial charge in [0.25, 0.3) is 0 Å². The number of aliphatic imine (C=N–C) groups is 1. The van der Waals surface area contributed by atoms with Gasteiger partial charge in [0.15, 0.2) is 5.96 Å². The Morgan fingerprint density at radius 1 is 1.30 bits per heavy atom. The molecule has 0 spiro atoms. The molecule has 6 heteroatoms. The average molecular weight is 370 g/mol. The van der Waals surface area contributed by atoms with Gasteiger partial charge in [-0.3, -0.25) is 0 Å². The molecular weight excluding hydrogens is 338 g/mol. The molecule has 2 aromatic rings. The van der Waals surface area contributed by atoms with Crippen LogP contribution in [0.3, 0.4) is 0 Å². The fourth-order valence-electron chi connectivity index (χ4n) is 3.43. The highest BCUT2D eigenvalue weighted by atomic mass is 16.5. The summed E-state index contributed by atoms with van der Waals surface area (Å²) in [5.74, 6) is 1.73. The molecule has 0 radical (unpaired) electrons. The normalized spacial score (nSPS) is 15.7. The number of nitrogens with zero attached hydrogens (tertiary/aromatic N) is 4. The highest BCUT2D eigenvalue weighted by molar-refractivity contribution is 5.79. The van der Waals surface area contributed by atoms with Gasteiger partial charge >= 0.3 is 0 Å². The summed E-state index contributed by atoms with van der Waals surface area (Å²) in [4.78, 5) is 7.13. The van der Waals surface area contributed by atoms with Gasteiger partial charge in [-0.1, -0.05) is 18.2 Å². The Kier molecular flexibility index (Phi) is 7.27. The Bertz CT molecular complexity index is 707. The lowest BCUT2D eigenvalue weighted by atomic mass is 9.96. The number of nitrogens with one attached hydrogen (secondary N) is 1. The number of hydrogen-bond donors (Lipinski definition) is 1. The summed E-state index contributed by atoms with van der Waals surface area (Å²) >= 11 is 0. The van der Waals surface area contributed by atoms with Crippen LogP contribution in [0, 0.1) is 5.92 Å². The molecule has 0 bridgehead atoms. The van der Waals surface area contributed by atoms with Crippen molar-refractivity contribution in [3.63, 3.8) is 0 Å². The summed E-state index contributed by atoms with van der Waals surface area (Å²) in [6.45, 7) is 6.43. The largest absolute Gasteiger partial charge is 0.381 e. The minimum Gasteiger partial charge on any atom is -0.381 e. The van der Waals surface area contributed by atoms with Gasteiger partial charge in [-0.25, -0.2) is 9.67 Å². The van der Waals surface area contributed by atoms with Crippen LogP contribution in [-0.4, -0.2) is 54.0 Å². The summed E-state index contributed by atoms with van der Waals surface area (Å²) in [5, 5.41) is 7.78. The van der Waals surface area contributed by atoms with E-state index < -0.39 is 0 Å². The van der Waals surface area contributed by atoms with E-state index in [9.17, 15) is 0 Å². The molecule has 6 nitrogen and oxygen atoms in total. The van der Waals surface area contributed by atoms with Crippen LogP contribution >= 0.6 is 0 Å². The van der Waals surface area contributed by atoms with E-state index in [1.165, 1.54) is 19.3 Å². The number of aromatic nitrogens is 2.